The molecule has 0 radical (unpaired) electrons. The molecule has 4 nitrogen and oxygen atoms in total. The van der Waals surface area contributed by atoms with Gasteiger partial charge in [0.2, 0.25) is 0 Å². The number of ether oxygens (including phenoxy) is 2. The van der Waals surface area contributed by atoms with Crippen LogP contribution < -0.4 is 9.47 Å². The van der Waals surface area contributed by atoms with Gasteiger partial charge in [-0.25, -0.2) is 0 Å². The highest BCUT2D eigenvalue weighted by Crippen LogP contribution is 2.78. The van der Waals surface area contributed by atoms with Crippen LogP contribution in [0.1, 0.15) is 101 Å². The third-order valence-corrected chi connectivity index (χ3v) is 10.4. The Labute approximate surface area is 222 Å². The molecule has 4 fully saturated rings. The van der Waals surface area contributed by atoms with Crippen molar-refractivity contribution in [1.29, 1.82) is 10.5 Å². The summed E-state index contributed by atoms with van der Waals surface area (Å²) in [5, 5.41) is 18.2. The third-order valence-electron chi connectivity index (χ3n) is 10.4. The minimum absolute atomic E-state index is 0.0862. The summed E-state index contributed by atoms with van der Waals surface area (Å²) < 4.78 is 10.5. The molecule has 6 rings (SSSR count). The maximum absolute atomic E-state index is 9.10. The van der Waals surface area contributed by atoms with E-state index in [4.69, 9.17) is 20.0 Å². The standard InChI is InChI=1S/C33H40N2O2/c1-7-12-30-15-31(25-8-10-27(36-21-34)23(2)13-25)18-32(16-30,20-33(17-30,19-31)29(4,5)6)26-9-11-28(37-22-35)24(3)14-26/h8-11,13-14H,7,12,15-20H2,1-6H3. The molecule has 37 heavy (non-hydrogen) atoms. The van der Waals surface area contributed by atoms with Crippen molar-refractivity contribution in [2.45, 2.75) is 104 Å². The van der Waals surface area contributed by atoms with Crippen LogP contribution in [-0.2, 0) is 10.8 Å². The molecular formula is C33H40N2O2. The maximum Gasteiger partial charge on any atom is 0.292 e. The lowest BCUT2D eigenvalue weighted by atomic mass is 9.30. The van der Waals surface area contributed by atoms with Crippen LogP contribution >= 0.6 is 0 Å². The van der Waals surface area contributed by atoms with Crippen molar-refractivity contribution in [3.8, 4) is 24.0 Å². The molecular weight excluding hydrogens is 456 g/mol. The van der Waals surface area contributed by atoms with Crippen LogP contribution in [0.25, 0.3) is 0 Å². The zero-order chi connectivity index (χ0) is 26.7. The van der Waals surface area contributed by atoms with Crippen LogP contribution in [0.5, 0.6) is 11.5 Å². The van der Waals surface area contributed by atoms with E-state index in [2.05, 4.69) is 65.8 Å². The molecule has 2 atom stereocenters. The summed E-state index contributed by atoms with van der Waals surface area (Å²) in [5.41, 5.74) is 5.79. The summed E-state index contributed by atoms with van der Waals surface area (Å²) in [6, 6.07) is 13.1. The van der Waals surface area contributed by atoms with Crippen LogP contribution in [0.4, 0.5) is 0 Å². The summed E-state index contributed by atoms with van der Waals surface area (Å²) in [5.74, 6) is 1.31. The number of rotatable bonds is 6. The second-order valence-electron chi connectivity index (χ2n) is 13.7. The lowest BCUT2D eigenvalue weighted by Gasteiger charge is -2.74. The lowest BCUT2D eigenvalue weighted by Crippen LogP contribution is -2.67. The minimum atomic E-state index is 0.0862. The number of nitrogens with zero attached hydrogens (tertiary/aromatic N) is 2. The Morgan fingerprint density at radius 2 is 1.24 bits per heavy atom. The van der Waals surface area contributed by atoms with Crippen LogP contribution in [0.3, 0.4) is 0 Å². The molecule has 4 bridgehead atoms. The molecule has 4 aliphatic rings. The summed E-state index contributed by atoms with van der Waals surface area (Å²) >= 11 is 0. The Kier molecular flexibility index (Phi) is 5.91. The second kappa shape index (κ2) is 8.52. The van der Waals surface area contributed by atoms with Gasteiger partial charge >= 0.3 is 0 Å². The third kappa shape index (κ3) is 3.92. The zero-order valence-electron chi connectivity index (χ0n) is 23.3. The van der Waals surface area contributed by atoms with Gasteiger partial charge in [-0.3, -0.25) is 0 Å². The van der Waals surface area contributed by atoms with Crippen molar-refractivity contribution in [1.82, 2.24) is 0 Å². The minimum Gasteiger partial charge on any atom is -0.388 e. The fraction of sp³-hybridized carbons (Fsp3) is 0.576. The SMILES string of the molecule is CCCC12CC3(c4ccc(OC#N)c(C)c4)CC(c4ccc(OC#N)c(C)c4)(C1)CC(C(C)(C)C)(C2)C3. The van der Waals surface area contributed by atoms with Crippen molar-refractivity contribution in [2.24, 2.45) is 16.2 Å². The average Bonchev–Trinajstić information content (AvgIpc) is 2.80. The smallest absolute Gasteiger partial charge is 0.292 e. The van der Waals surface area contributed by atoms with Gasteiger partial charge in [-0.1, -0.05) is 58.4 Å². The number of hydrogen-bond acceptors (Lipinski definition) is 4. The first-order chi connectivity index (χ1) is 17.4. The molecule has 0 amide bonds. The Morgan fingerprint density at radius 1 is 0.757 bits per heavy atom. The molecule has 0 N–H and O–H groups in total. The lowest BCUT2D eigenvalue weighted by molar-refractivity contribution is -0.185. The van der Waals surface area contributed by atoms with E-state index in [9.17, 15) is 0 Å². The van der Waals surface area contributed by atoms with Crippen LogP contribution in [0.15, 0.2) is 36.4 Å². The second-order valence-corrected chi connectivity index (χ2v) is 13.7. The zero-order valence-corrected chi connectivity index (χ0v) is 23.3. The van der Waals surface area contributed by atoms with Crippen molar-refractivity contribution in [2.75, 3.05) is 0 Å². The van der Waals surface area contributed by atoms with Crippen LogP contribution in [0.2, 0.25) is 0 Å². The first-order valence-corrected chi connectivity index (χ1v) is 13.8. The summed E-state index contributed by atoms with van der Waals surface area (Å²) in [7, 11) is 0. The van der Waals surface area contributed by atoms with Gasteiger partial charge in [0.15, 0.2) is 0 Å². The van der Waals surface area contributed by atoms with Crippen molar-refractivity contribution in [3.63, 3.8) is 0 Å². The van der Waals surface area contributed by atoms with Gasteiger partial charge in [0.1, 0.15) is 11.5 Å². The predicted octanol–water partition coefficient (Wildman–Crippen LogP) is 8.40. The van der Waals surface area contributed by atoms with E-state index < -0.39 is 0 Å². The van der Waals surface area contributed by atoms with Gasteiger partial charge < -0.3 is 9.47 Å². The quantitative estimate of drug-likeness (QED) is 0.377. The van der Waals surface area contributed by atoms with Gasteiger partial charge in [0.25, 0.3) is 12.5 Å². The van der Waals surface area contributed by atoms with Gasteiger partial charge in [0, 0.05) is 0 Å². The van der Waals surface area contributed by atoms with E-state index in [0.717, 1.165) is 17.5 Å². The van der Waals surface area contributed by atoms with E-state index >= 15 is 0 Å². The normalized spacial score (nSPS) is 32.0. The molecule has 2 aromatic rings. The highest BCUT2D eigenvalue weighted by Gasteiger charge is 2.70. The Balaban J connectivity index is 1.72. The van der Waals surface area contributed by atoms with Crippen molar-refractivity contribution >= 4 is 0 Å². The highest BCUT2D eigenvalue weighted by molar-refractivity contribution is 5.47. The Morgan fingerprint density at radius 3 is 1.62 bits per heavy atom. The number of aryl methyl sites for hydroxylation is 2. The molecule has 4 saturated carbocycles. The van der Waals surface area contributed by atoms with Gasteiger partial charge in [-0.05, 0) is 120 Å². The molecule has 2 unspecified atom stereocenters. The van der Waals surface area contributed by atoms with E-state index in [0.29, 0.717) is 16.9 Å². The fourth-order valence-corrected chi connectivity index (χ4v) is 9.34. The van der Waals surface area contributed by atoms with Crippen LogP contribution in [0, 0.1) is 53.1 Å². The van der Waals surface area contributed by atoms with Gasteiger partial charge in [-0.2, -0.15) is 0 Å². The van der Waals surface area contributed by atoms with E-state index in [1.54, 1.807) is 0 Å². The molecule has 0 aromatic heterocycles. The number of nitriles is 2. The average molecular weight is 497 g/mol. The molecule has 0 heterocycles. The van der Waals surface area contributed by atoms with E-state index in [-0.39, 0.29) is 21.7 Å². The monoisotopic (exact) mass is 496 g/mol. The maximum atomic E-state index is 9.10. The number of benzene rings is 2. The molecule has 0 saturated heterocycles. The van der Waals surface area contributed by atoms with Crippen molar-refractivity contribution in [3.05, 3.63) is 58.7 Å². The van der Waals surface area contributed by atoms with Crippen LogP contribution in [-0.4, -0.2) is 0 Å². The fourth-order valence-electron chi connectivity index (χ4n) is 9.34. The Bertz CT molecular complexity index is 1220. The molecule has 0 spiro atoms. The topological polar surface area (TPSA) is 66.0 Å². The highest BCUT2D eigenvalue weighted by atomic mass is 16.5. The summed E-state index contributed by atoms with van der Waals surface area (Å²) in [6.07, 6.45) is 13.5. The largest absolute Gasteiger partial charge is 0.388 e. The van der Waals surface area contributed by atoms with Gasteiger partial charge in [0.05, 0.1) is 0 Å². The molecule has 4 heteroatoms. The predicted molar refractivity (Wildman–Crippen MR) is 145 cm³/mol. The van der Waals surface area contributed by atoms with E-state index in [1.807, 2.05) is 24.6 Å². The first-order valence-electron chi connectivity index (χ1n) is 13.8. The van der Waals surface area contributed by atoms with Gasteiger partial charge in [-0.15, -0.1) is 10.5 Å². The van der Waals surface area contributed by atoms with E-state index in [1.165, 1.54) is 56.1 Å². The molecule has 0 aliphatic heterocycles. The Hall–Kier alpha value is -2.98. The number of hydrogen-bond donors (Lipinski definition) is 0. The summed E-state index contributed by atoms with van der Waals surface area (Å²) in [4.78, 5) is 0. The summed E-state index contributed by atoms with van der Waals surface area (Å²) in [6.45, 7) is 13.9. The molecule has 4 aliphatic carbocycles. The van der Waals surface area contributed by atoms with Crippen molar-refractivity contribution < 1.29 is 9.47 Å². The first kappa shape index (κ1) is 25.7. The molecule has 2 aromatic carbocycles. The molecule has 194 valence electrons.